The Bertz CT molecular complexity index is 623. The van der Waals surface area contributed by atoms with E-state index in [2.05, 4.69) is 16.9 Å². The molecule has 0 bridgehead atoms. The largest absolute Gasteiger partial charge is 0.396 e. The number of aliphatic hydroxyl groups is 1. The maximum Gasteiger partial charge on any atom is 0.252 e. The molecule has 0 fully saturated rings. The molecule has 19 heavy (non-hydrogen) atoms. The summed E-state index contributed by atoms with van der Waals surface area (Å²) in [6.07, 6.45) is 4.95. The molecule has 0 radical (unpaired) electrons. The zero-order valence-electron chi connectivity index (χ0n) is 11.3. The zero-order chi connectivity index (χ0) is 13.9. The van der Waals surface area contributed by atoms with E-state index in [1.165, 1.54) is 12.4 Å². The van der Waals surface area contributed by atoms with Crippen molar-refractivity contribution in [3.8, 4) is 0 Å². The Hall–Kier alpha value is -1.75. The molecule has 0 aliphatic carbocycles. The maximum atomic E-state index is 12.1. The third-order valence-electron chi connectivity index (χ3n) is 3.42. The van der Waals surface area contributed by atoms with Gasteiger partial charge in [0.25, 0.3) is 5.56 Å². The average Bonchev–Trinajstić information content (AvgIpc) is 2.42. The van der Waals surface area contributed by atoms with Crippen molar-refractivity contribution in [3.63, 3.8) is 0 Å². The van der Waals surface area contributed by atoms with Gasteiger partial charge >= 0.3 is 0 Å². The van der Waals surface area contributed by atoms with Gasteiger partial charge in [0.15, 0.2) is 0 Å². The molecule has 102 valence electrons. The lowest BCUT2D eigenvalue weighted by molar-refractivity contribution is 0.113. The molecule has 0 amide bonds. The van der Waals surface area contributed by atoms with Gasteiger partial charge in [-0.15, -0.1) is 0 Å². The summed E-state index contributed by atoms with van der Waals surface area (Å²) in [6, 6.07) is 3.25. The van der Waals surface area contributed by atoms with Crippen LogP contribution in [-0.4, -0.2) is 26.2 Å². The second-order valence-corrected chi connectivity index (χ2v) is 5.28. The normalized spacial score (nSPS) is 14.5. The van der Waals surface area contributed by atoms with Gasteiger partial charge in [-0.25, -0.2) is 9.97 Å². The summed E-state index contributed by atoms with van der Waals surface area (Å²) in [5.41, 5.74) is 0.220. The number of aliphatic hydroxyl groups excluding tert-OH is 1. The van der Waals surface area contributed by atoms with Crippen LogP contribution in [0, 0.1) is 5.41 Å². The average molecular weight is 261 g/mol. The van der Waals surface area contributed by atoms with Crippen molar-refractivity contribution in [2.75, 3.05) is 6.61 Å². The topological polar surface area (TPSA) is 68.0 Å². The summed E-state index contributed by atoms with van der Waals surface area (Å²) in [4.78, 5) is 20.2. The van der Waals surface area contributed by atoms with Crippen molar-refractivity contribution in [1.29, 1.82) is 0 Å². The van der Waals surface area contributed by atoms with Gasteiger partial charge in [0.05, 0.1) is 6.61 Å². The van der Waals surface area contributed by atoms with E-state index in [1.54, 1.807) is 16.8 Å². The van der Waals surface area contributed by atoms with Crippen LogP contribution >= 0.6 is 0 Å². The van der Waals surface area contributed by atoms with Gasteiger partial charge in [-0.2, -0.15) is 0 Å². The van der Waals surface area contributed by atoms with Crippen LogP contribution < -0.4 is 5.56 Å². The Morgan fingerprint density at radius 2 is 2.21 bits per heavy atom. The smallest absolute Gasteiger partial charge is 0.252 e. The molecule has 0 saturated carbocycles. The Labute approximate surface area is 111 Å². The van der Waals surface area contributed by atoms with Gasteiger partial charge in [-0.1, -0.05) is 20.3 Å². The highest BCUT2D eigenvalue weighted by Crippen LogP contribution is 2.25. The molecule has 2 rings (SSSR count). The van der Waals surface area contributed by atoms with E-state index >= 15 is 0 Å². The number of hydrogen-bond donors (Lipinski definition) is 1. The first-order valence-electron chi connectivity index (χ1n) is 6.50. The second-order valence-electron chi connectivity index (χ2n) is 5.28. The summed E-state index contributed by atoms with van der Waals surface area (Å²) in [6.45, 7) is 4.57. The SMILES string of the molecule is CCCC(C)(CO)Cn1c(=O)ccc2cncnc21. The van der Waals surface area contributed by atoms with E-state index < -0.39 is 0 Å². The lowest BCUT2D eigenvalue weighted by Gasteiger charge is -2.28. The van der Waals surface area contributed by atoms with Gasteiger partial charge in [0, 0.05) is 29.6 Å². The van der Waals surface area contributed by atoms with Crippen LogP contribution in [0.2, 0.25) is 0 Å². The zero-order valence-corrected chi connectivity index (χ0v) is 11.3. The molecule has 1 atom stereocenters. The van der Waals surface area contributed by atoms with Crippen molar-refractivity contribution in [2.24, 2.45) is 5.41 Å². The summed E-state index contributed by atoms with van der Waals surface area (Å²) in [5.74, 6) is 0. The van der Waals surface area contributed by atoms with Crippen molar-refractivity contribution in [3.05, 3.63) is 35.0 Å². The predicted molar refractivity (Wildman–Crippen MR) is 73.9 cm³/mol. The highest BCUT2D eigenvalue weighted by Gasteiger charge is 2.24. The minimum atomic E-state index is -0.308. The molecule has 0 spiro atoms. The quantitative estimate of drug-likeness (QED) is 0.887. The molecule has 1 unspecified atom stereocenters. The number of rotatable bonds is 5. The summed E-state index contributed by atoms with van der Waals surface area (Å²) >= 11 is 0. The minimum Gasteiger partial charge on any atom is -0.396 e. The lowest BCUT2D eigenvalue weighted by Crippen LogP contribution is -2.33. The highest BCUT2D eigenvalue weighted by atomic mass is 16.3. The van der Waals surface area contributed by atoms with Crippen molar-refractivity contribution < 1.29 is 5.11 Å². The summed E-state index contributed by atoms with van der Waals surface area (Å²) < 4.78 is 1.63. The van der Waals surface area contributed by atoms with Crippen molar-refractivity contribution in [2.45, 2.75) is 33.2 Å². The number of aromatic nitrogens is 3. The van der Waals surface area contributed by atoms with E-state index in [9.17, 15) is 9.90 Å². The molecule has 5 nitrogen and oxygen atoms in total. The van der Waals surface area contributed by atoms with Crippen LogP contribution in [0.3, 0.4) is 0 Å². The van der Waals surface area contributed by atoms with E-state index in [0.29, 0.717) is 12.2 Å². The predicted octanol–water partition coefficient (Wildman–Crippen LogP) is 1.59. The molecular weight excluding hydrogens is 242 g/mol. The number of fused-ring (bicyclic) bond motifs is 1. The first-order chi connectivity index (χ1) is 9.09. The van der Waals surface area contributed by atoms with Gasteiger partial charge in [-0.3, -0.25) is 9.36 Å². The molecule has 5 heteroatoms. The summed E-state index contributed by atoms with van der Waals surface area (Å²) in [5, 5.41) is 10.4. The molecule has 0 aromatic carbocycles. The van der Waals surface area contributed by atoms with Crippen LogP contribution in [-0.2, 0) is 6.54 Å². The Morgan fingerprint density at radius 3 is 2.89 bits per heavy atom. The molecule has 0 aliphatic rings. The third-order valence-corrected chi connectivity index (χ3v) is 3.42. The Kier molecular flexibility index (Phi) is 3.95. The Morgan fingerprint density at radius 1 is 1.42 bits per heavy atom. The highest BCUT2D eigenvalue weighted by molar-refractivity contribution is 5.73. The third kappa shape index (κ3) is 2.81. The monoisotopic (exact) mass is 261 g/mol. The second kappa shape index (κ2) is 5.48. The van der Waals surface area contributed by atoms with Gasteiger partial charge in [-0.05, 0) is 12.5 Å². The van der Waals surface area contributed by atoms with Crippen LogP contribution in [0.1, 0.15) is 26.7 Å². The van der Waals surface area contributed by atoms with Crippen LogP contribution in [0.25, 0.3) is 11.0 Å². The minimum absolute atomic E-state index is 0.0503. The first kappa shape index (κ1) is 13.7. The van der Waals surface area contributed by atoms with Crippen molar-refractivity contribution >= 4 is 11.0 Å². The fraction of sp³-hybridized carbons (Fsp3) is 0.500. The standard InChI is InChI=1S/C14H19N3O2/c1-3-6-14(2,9-18)8-17-12(19)5-4-11-7-15-10-16-13(11)17/h4-5,7,10,18H,3,6,8-9H2,1-2H3. The van der Waals surface area contributed by atoms with Gasteiger partial charge in [0.1, 0.15) is 12.0 Å². The fourth-order valence-corrected chi connectivity index (χ4v) is 2.38. The number of hydrogen-bond acceptors (Lipinski definition) is 4. The van der Waals surface area contributed by atoms with E-state index in [-0.39, 0.29) is 17.6 Å². The number of nitrogens with zero attached hydrogens (tertiary/aromatic N) is 3. The first-order valence-corrected chi connectivity index (χ1v) is 6.50. The van der Waals surface area contributed by atoms with Crippen molar-refractivity contribution in [1.82, 2.24) is 14.5 Å². The van der Waals surface area contributed by atoms with Crippen LogP contribution in [0.5, 0.6) is 0 Å². The van der Waals surface area contributed by atoms with E-state index in [0.717, 1.165) is 18.2 Å². The van der Waals surface area contributed by atoms with Gasteiger partial charge < -0.3 is 5.11 Å². The molecule has 2 aromatic heterocycles. The van der Waals surface area contributed by atoms with Gasteiger partial charge in [0.2, 0.25) is 0 Å². The molecular formula is C14H19N3O2. The van der Waals surface area contributed by atoms with Crippen LogP contribution in [0.4, 0.5) is 0 Å². The molecule has 2 heterocycles. The summed E-state index contributed by atoms with van der Waals surface area (Å²) in [7, 11) is 0. The molecule has 0 saturated heterocycles. The fourth-order valence-electron chi connectivity index (χ4n) is 2.38. The molecule has 2 aromatic rings. The van der Waals surface area contributed by atoms with Crippen LogP contribution in [0.15, 0.2) is 29.5 Å². The molecule has 0 aliphatic heterocycles. The van der Waals surface area contributed by atoms with E-state index in [4.69, 9.17) is 0 Å². The maximum absolute atomic E-state index is 12.1. The number of pyridine rings is 1. The molecule has 1 N–H and O–H groups in total. The lowest BCUT2D eigenvalue weighted by atomic mass is 9.86. The Balaban J connectivity index is 2.50. The van der Waals surface area contributed by atoms with E-state index in [1.807, 2.05) is 6.92 Å².